The van der Waals surface area contributed by atoms with Crippen LogP contribution < -0.4 is 0 Å². The van der Waals surface area contributed by atoms with Crippen LogP contribution in [-0.4, -0.2) is 0 Å². The third kappa shape index (κ3) is 4.30. The van der Waals surface area contributed by atoms with E-state index in [1.54, 1.807) is 0 Å². The number of benzene rings is 9. The summed E-state index contributed by atoms with van der Waals surface area (Å²) in [6, 6.07) is -30.4. The standard InChI is InChI=1S/C46H30/c1-2-12-31(13-3-1)32-24-26-35(27-25-32)45-41-20-8-9-21-42(41)46(40-23-11-17-34-15-5-7-19-38(34)40)43-29-28-36(30-44(43)45)39-22-10-16-33-14-4-6-18-37(33)39/h1-30H/i1D,2D,3D,4D,5D,6D,7D,8D,9D,10D,11D,12D,13D,14D,15D,16D,17D,18D,19D,20D,21D,22D,23D,24D,25D,26D,27D,28D,29D,30D. The highest BCUT2D eigenvalue weighted by molar-refractivity contribution is 6.24. The van der Waals surface area contributed by atoms with Crippen molar-refractivity contribution < 1.29 is 41.1 Å². The van der Waals surface area contributed by atoms with Crippen LogP contribution in [0.2, 0.25) is 0 Å². The van der Waals surface area contributed by atoms with Crippen LogP contribution in [0.5, 0.6) is 0 Å². The Hall–Kier alpha value is -5.98. The fraction of sp³-hybridized carbons (Fsp3) is 0. The summed E-state index contributed by atoms with van der Waals surface area (Å²) in [6.07, 6.45) is 0. The predicted molar refractivity (Wildman–Crippen MR) is 198 cm³/mol. The lowest BCUT2D eigenvalue weighted by molar-refractivity contribution is 1.61. The Morgan fingerprint density at radius 1 is 0.261 bits per heavy atom. The first kappa shape index (κ1) is 10.0. The fourth-order valence-electron chi connectivity index (χ4n) is 5.28. The summed E-state index contributed by atoms with van der Waals surface area (Å²) in [4.78, 5) is 0. The molecule has 214 valence electrons. The van der Waals surface area contributed by atoms with E-state index in [-0.39, 0.29) is 0 Å². The summed E-state index contributed by atoms with van der Waals surface area (Å²) in [5.41, 5.74) is -6.95. The van der Waals surface area contributed by atoms with Gasteiger partial charge in [0.25, 0.3) is 0 Å². The minimum absolute atomic E-state index is 0.679. The van der Waals surface area contributed by atoms with E-state index in [9.17, 15) is 15.1 Å². The highest BCUT2D eigenvalue weighted by Gasteiger charge is 2.19. The van der Waals surface area contributed by atoms with Crippen LogP contribution in [0.15, 0.2) is 181 Å². The van der Waals surface area contributed by atoms with Gasteiger partial charge in [0.15, 0.2) is 0 Å². The number of hydrogen-bond donors (Lipinski definition) is 0. The van der Waals surface area contributed by atoms with E-state index >= 15 is 0 Å². The molecule has 0 atom stereocenters. The zero-order chi connectivity index (χ0) is 56.6. The Labute approximate surface area is 311 Å². The monoisotopic (exact) mass is 612 g/mol. The predicted octanol–water partition coefficient (Wildman–Crippen LogP) is 13.0. The van der Waals surface area contributed by atoms with Gasteiger partial charge in [-0.1, -0.05) is 175 Å². The molecule has 0 heterocycles. The molecule has 46 heavy (non-hydrogen) atoms. The van der Waals surface area contributed by atoms with Gasteiger partial charge in [-0.05, 0) is 93.6 Å². The summed E-state index contributed by atoms with van der Waals surface area (Å²) in [5.74, 6) is 0. The van der Waals surface area contributed by atoms with E-state index in [1.165, 1.54) is 0 Å². The first-order valence-corrected chi connectivity index (χ1v) is 13.5. The molecule has 0 unspecified atom stereocenters. The Bertz CT molecular complexity index is 4200. The van der Waals surface area contributed by atoms with Crippen molar-refractivity contribution in [3.05, 3.63) is 181 Å². The lowest BCUT2D eigenvalue weighted by Crippen LogP contribution is -1.93. The first-order chi connectivity index (χ1) is 35.3. The maximum Gasteiger partial charge on any atom is 0.0636 e. The second kappa shape index (κ2) is 10.9. The third-order valence-corrected chi connectivity index (χ3v) is 7.25. The van der Waals surface area contributed by atoms with Crippen LogP contribution in [0.3, 0.4) is 0 Å². The number of hydrogen-bond acceptors (Lipinski definition) is 0. The normalized spacial score (nSPS) is 20.6. The molecule has 0 aromatic heterocycles. The van der Waals surface area contributed by atoms with Crippen molar-refractivity contribution in [1.82, 2.24) is 0 Å². The van der Waals surface area contributed by atoms with Gasteiger partial charge in [-0.25, -0.2) is 0 Å². The molecule has 0 nitrogen and oxygen atoms in total. The van der Waals surface area contributed by atoms with E-state index < -0.39 is 269 Å². The van der Waals surface area contributed by atoms with Crippen molar-refractivity contribution in [2.24, 2.45) is 0 Å². The van der Waals surface area contributed by atoms with Crippen LogP contribution in [-0.2, 0) is 0 Å². The van der Waals surface area contributed by atoms with Crippen molar-refractivity contribution >= 4 is 43.1 Å². The van der Waals surface area contributed by atoms with Crippen LogP contribution in [0.4, 0.5) is 0 Å². The minimum atomic E-state index is -1.17. The van der Waals surface area contributed by atoms with Crippen molar-refractivity contribution in [1.29, 1.82) is 0 Å². The summed E-state index contributed by atoms with van der Waals surface area (Å²) in [7, 11) is 0. The maximum absolute atomic E-state index is 10.2. The number of rotatable bonds is 4. The van der Waals surface area contributed by atoms with Gasteiger partial charge >= 0.3 is 0 Å². The zero-order valence-corrected chi connectivity index (χ0v) is 23.0. The molecule has 0 N–H and O–H groups in total. The van der Waals surface area contributed by atoms with E-state index in [0.717, 1.165) is 0 Å². The molecule has 0 fully saturated rings. The average Bonchev–Trinajstić information content (AvgIpc) is 3.38. The van der Waals surface area contributed by atoms with Crippen molar-refractivity contribution in [3.63, 3.8) is 0 Å². The van der Waals surface area contributed by atoms with Gasteiger partial charge in [-0.2, -0.15) is 0 Å². The highest BCUT2D eigenvalue weighted by Crippen LogP contribution is 2.46. The highest BCUT2D eigenvalue weighted by atomic mass is 14.2. The van der Waals surface area contributed by atoms with Gasteiger partial charge in [-0.15, -0.1) is 0 Å². The average molecular weight is 613 g/mol. The van der Waals surface area contributed by atoms with Crippen molar-refractivity contribution in [3.8, 4) is 44.5 Å². The summed E-state index contributed by atoms with van der Waals surface area (Å²) in [5, 5.41) is -6.30. The lowest BCUT2D eigenvalue weighted by atomic mass is 9.83. The molecule has 0 amide bonds. The molecule has 0 aliphatic carbocycles. The largest absolute Gasteiger partial charge is 0.0636 e. The Morgan fingerprint density at radius 3 is 1.41 bits per heavy atom. The van der Waals surface area contributed by atoms with E-state index in [2.05, 4.69) is 0 Å². The Morgan fingerprint density at radius 2 is 0.717 bits per heavy atom. The molecule has 0 aliphatic rings. The molecular weight excluding hydrogens is 553 g/mol. The molecule has 0 heteroatoms. The third-order valence-electron chi connectivity index (χ3n) is 7.25. The minimum Gasteiger partial charge on any atom is -0.0622 e. The summed E-state index contributed by atoms with van der Waals surface area (Å²) < 4.78 is 270. The van der Waals surface area contributed by atoms with E-state index in [0.29, 0.717) is 0 Å². The Kier molecular flexibility index (Phi) is 2.37. The van der Waals surface area contributed by atoms with Gasteiger partial charge in [0.05, 0.1) is 41.1 Å². The van der Waals surface area contributed by atoms with Crippen LogP contribution in [0.1, 0.15) is 41.1 Å². The zero-order valence-electron chi connectivity index (χ0n) is 53.0. The molecule has 9 aromatic rings. The Balaban J connectivity index is 1.70. The van der Waals surface area contributed by atoms with Crippen LogP contribution >= 0.6 is 0 Å². The van der Waals surface area contributed by atoms with Gasteiger partial charge in [0.2, 0.25) is 0 Å². The summed E-state index contributed by atoms with van der Waals surface area (Å²) >= 11 is 0. The second-order valence-corrected chi connectivity index (χ2v) is 9.75. The topological polar surface area (TPSA) is 0 Å². The molecule has 0 spiro atoms. The van der Waals surface area contributed by atoms with Gasteiger partial charge < -0.3 is 0 Å². The van der Waals surface area contributed by atoms with Crippen LogP contribution in [0, 0.1) is 0 Å². The molecule has 9 aromatic carbocycles. The molecule has 0 aliphatic heterocycles. The SMILES string of the molecule is [2H]c1c([2H])c([2H])c(-c2c([2H])c([2H])c(-c3c4c([2H])c([2H])c([2H])c([2H])c4c(-c4c([2H])c([2H])c([2H])c5c([2H])c([2H])c([2H])c([2H])c45)c4c([2H])c([2H])c(-c5c([2H])c([2H])c([2H])c6c([2H])c([2H])c([2H])c([2H])c56)c([2H])c34)c([2H])c2[2H])c([2H])c1[2H]. The first-order valence-electron chi connectivity index (χ1n) is 28.5. The second-order valence-electron chi connectivity index (χ2n) is 9.75. The van der Waals surface area contributed by atoms with Gasteiger partial charge in [0, 0.05) is 0 Å². The van der Waals surface area contributed by atoms with Gasteiger partial charge in [0.1, 0.15) is 0 Å². The molecule has 0 saturated heterocycles. The molecule has 0 saturated carbocycles. The van der Waals surface area contributed by atoms with Crippen LogP contribution in [0.25, 0.3) is 87.6 Å². The summed E-state index contributed by atoms with van der Waals surface area (Å²) in [6.45, 7) is 0. The van der Waals surface area contributed by atoms with E-state index in [1.807, 2.05) is 0 Å². The van der Waals surface area contributed by atoms with Crippen molar-refractivity contribution in [2.45, 2.75) is 0 Å². The quantitative estimate of drug-likeness (QED) is 0.173. The molecular formula is C46H30. The smallest absolute Gasteiger partial charge is 0.0622 e. The molecule has 0 bridgehead atoms. The number of fused-ring (bicyclic) bond motifs is 4. The fourth-order valence-corrected chi connectivity index (χ4v) is 5.28. The molecule has 9 rings (SSSR count). The lowest BCUT2D eigenvalue weighted by Gasteiger charge is -2.20. The van der Waals surface area contributed by atoms with E-state index in [4.69, 9.17) is 26.0 Å². The van der Waals surface area contributed by atoms with Crippen molar-refractivity contribution in [2.75, 3.05) is 0 Å². The van der Waals surface area contributed by atoms with Gasteiger partial charge in [-0.3, -0.25) is 0 Å². The molecule has 0 radical (unpaired) electrons. The maximum atomic E-state index is 10.2.